The van der Waals surface area contributed by atoms with Crippen LogP contribution in [0.25, 0.3) is 44.1 Å². The van der Waals surface area contributed by atoms with E-state index in [0.717, 1.165) is 106 Å². The SMILES string of the molecule is CN(C)[C@H](C(=O)N1CCC[C@@H]1c1ncc(-c2ccc3cc4cc(-c5cnc([C@@H]6CCCN6C(=O)[C@@H](c6ccccc6)N(C)C)[nH]5)ccc4cc3c2)[nH]1)c1ccccc1. The molecule has 2 saturated heterocycles. The predicted octanol–water partition coefficient (Wildman–Crippen LogP) is 8.71. The summed E-state index contributed by atoms with van der Waals surface area (Å²) < 4.78 is 0. The molecule has 10 heteroatoms. The number of imidazole rings is 2. The molecule has 58 heavy (non-hydrogen) atoms. The molecular weight excluding hydrogens is 721 g/mol. The second kappa shape index (κ2) is 15.7. The van der Waals surface area contributed by atoms with Gasteiger partial charge in [-0.05, 0) is 111 Å². The first-order chi connectivity index (χ1) is 28.2. The van der Waals surface area contributed by atoms with E-state index >= 15 is 0 Å². The lowest BCUT2D eigenvalue weighted by Crippen LogP contribution is -2.40. The molecule has 0 saturated carbocycles. The number of hydrogen-bond donors (Lipinski definition) is 2. The minimum atomic E-state index is -0.346. The lowest BCUT2D eigenvalue weighted by Gasteiger charge is -2.31. The summed E-state index contributed by atoms with van der Waals surface area (Å²) in [5.41, 5.74) is 5.98. The summed E-state index contributed by atoms with van der Waals surface area (Å²) in [4.78, 5) is 52.8. The number of carbonyl (C=O) groups is 2. The Balaban J connectivity index is 0.928. The quantitative estimate of drug-likeness (QED) is 0.135. The highest BCUT2D eigenvalue weighted by Crippen LogP contribution is 2.38. The molecule has 7 aromatic rings. The number of carbonyl (C=O) groups excluding carboxylic acids is 2. The Hall–Kier alpha value is -6.10. The number of likely N-dealkylation sites (tertiary alicyclic amines) is 2. The monoisotopic (exact) mass is 770 g/mol. The molecule has 294 valence electrons. The molecule has 0 spiro atoms. The Morgan fingerprint density at radius 1 is 0.569 bits per heavy atom. The molecule has 2 aliphatic rings. The fourth-order valence-corrected chi connectivity index (χ4v) is 9.18. The second-order valence-electron chi connectivity index (χ2n) is 16.3. The minimum absolute atomic E-state index is 0.0911. The van der Waals surface area contributed by atoms with Gasteiger partial charge in [-0.2, -0.15) is 0 Å². The molecule has 0 radical (unpaired) electrons. The fourth-order valence-electron chi connectivity index (χ4n) is 9.18. The number of nitrogens with zero attached hydrogens (tertiary/aromatic N) is 6. The fraction of sp³-hybridized carbons (Fsp3) is 0.292. The molecule has 2 fully saturated rings. The number of hydrogen-bond acceptors (Lipinski definition) is 6. The van der Waals surface area contributed by atoms with Crippen LogP contribution in [0.1, 0.15) is 72.6 Å². The number of fused-ring (bicyclic) bond motifs is 2. The van der Waals surface area contributed by atoms with Crippen molar-refractivity contribution < 1.29 is 9.59 Å². The van der Waals surface area contributed by atoms with E-state index in [0.29, 0.717) is 0 Å². The number of aromatic nitrogens is 4. The maximum atomic E-state index is 14.0. The molecule has 4 heterocycles. The van der Waals surface area contributed by atoms with Crippen molar-refractivity contribution in [3.8, 4) is 22.5 Å². The van der Waals surface area contributed by atoms with Gasteiger partial charge in [-0.3, -0.25) is 19.4 Å². The molecule has 2 N–H and O–H groups in total. The van der Waals surface area contributed by atoms with Crippen molar-refractivity contribution in [3.05, 3.63) is 144 Å². The van der Waals surface area contributed by atoms with Crippen LogP contribution < -0.4 is 0 Å². The summed E-state index contributed by atoms with van der Waals surface area (Å²) in [7, 11) is 7.86. The van der Waals surface area contributed by atoms with Crippen molar-refractivity contribution in [2.45, 2.75) is 49.9 Å². The van der Waals surface area contributed by atoms with E-state index in [2.05, 4.69) is 58.5 Å². The molecule has 5 aromatic carbocycles. The van der Waals surface area contributed by atoms with Crippen LogP contribution in [0, 0.1) is 0 Å². The number of H-pyrrole nitrogens is 2. The number of rotatable bonds is 10. The summed E-state index contributed by atoms with van der Waals surface area (Å²) >= 11 is 0. The first kappa shape index (κ1) is 37.5. The highest BCUT2D eigenvalue weighted by Gasteiger charge is 2.38. The molecule has 2 amide bonds. The zero-order valence-electron chi connectivity index (χ0n) is 33.6. The van der Waals surface area contributed by atoms with Crippen molar-refractivity contribution >= 4 is 33.4 Å². The van der Waals surface area contributed by atoms with Gasteiger partial charge >= 0.3 is 0 Å². The molecule has 10 nitrogen and oxygen atoms in total. The maximum absolute atomic E-state index is 14.0. The van der Waals surface area contributed by atoms with Gasteiger partial charge in [0, 0.05) is 24.2 Å². The van der Waals surface area contributed by atoms with Crippen molar-refractivity contribution in [1.29, 1.82) is 0 Å². The topological polar surface area (TPSA) is 104 Å². The Morgan fingerprint density at radius 3 is 1.38 bits per heavy atom. The summed E-state index contributed by atoms with van der Waals surface area (Å²) in [5.74, 6) is 1.87. The number of nitrogens with one attached hydrogen (secondary N) is 2. The van der Waals surface area contributed by atoms with Crippen LogP contribution in [-0.2, 0) is 9.59 Å². The van der Waals surface area contributed by atoms with E-state index in [1.54, 1.807) is 0 Å². The van der Waals surface area contributed by atoms with Crippen LogP contribution >= 0.6 is 0 Å². The average Bonchev–Trinajstić information content (AvgIpc) is 4.07. The zero-order chi connectivity index (χ0) is 39.9. The van der Waals surface area contributed by atoms with Crippen LogP contribution in [0.15, 0.2) is 122 Å². The minimum Gasteiger partial charge on any atom is -0.340 e. The van der Waals surface area contributed by atoms with Crippen molar-refractivity contribution in [2.24, 2.45) is 0 Å². The van der Waals surface area contributed by atoms with E-state index in [9.17, 15) is 9.59 Å². The van der Waals surface area contributed by atoms with Crippen LogP contribution in [0.5, 0.6) is 0 Å². The first-order valence-corrected chi connectivity index (χ1v) is 20.4. The smallest absolute Gasteiger partial charge is 0.245 e. The molecule has 2 aromatic heterocycles. The molecule has 9 rings (SSSR count). The van der Waals surface area contributed by atoms with Gasteiger partial charge in [0.15, 0.2) is 0 Å². The maximum Gasteiger partial charge on any atom is 0.245 e. The highest BCUT2D eigenvalue weighted by molar-refractivity contribution is 6.01. The molecule has 4 atom stereocenters. The average molecular weight is 771 g/mol. The third kappa shape index (κ3) is 7.07. The Labute approximate surface area is 339 Å². The third-order valence-corrected chi connectivity index (χ3v) is 12.0. The Kier molecular flexibility index (Phi) is 10.1. The van der Waals surface area contributed by atoms with Gasteiger partial charge in [0.1, 0.15) is 23.7 Å². The predicted molar refractivity (Wildman–Crippen MR) is 230 cm³/mol. The number of likely N-dealkylation sites (N-methyl/N-ethyl adjacent to an activating group) is 2. The van der Waals surface area contributed by atoms with Gasteiger partial charge in [-0.25, -0.2) is 9.97 Å². The summed E-state index contributed by atoms with van der Waals surface area (Å²) in [6, 6.07) is 36.7. The molecule has 0 bridgehead atoms. The van der Waals surface area contributed by atoms with E-state index in [-0.39, 0.29) is 36.0 Å². The summed E-state index contributed by atoms with van der Waals surface area (Å²) in [5, 5.41) is 4.58. The Bertz CT molecular complexity index is 2400. The molecule has 0 unspecified atom stereocenters. The van der Waals surface area contributed by atoms with E-state index in [1.807, 2.05) is 121 Å². The largest absolute Gasteiger partial charge is 0.340 e. The van der Waals surface area contributed by atoms with E-state index < -0.39 is 0 Å². The van der Waals surface area contributed by atoms with Crippen molar-refractivity contribution in [1.82, 2.24) is 39.5 Å². The van der Waals surface area contributed by atoms with Gasteiger partial charge in [0.25, 0.3) is 0 Å². The molecule has 2 aliphatic heterocycles. The summed E-state index contributed by atoms with van der Waals surface area (Å²) in [6.45, 7) is 1.44. The Morgan fingerprint density at radius 2 is 0.983 bits per heavy atom. The van der Waals surface area contributed by atoms with Gasteiger partial charge < -0.3 is 19.8 Å². The van der Waals surface area contributed by atoms with Gasteiger partial charge in [0.2, 0.25) is 11.8 Å². The van der Waals surface area contributed by atoms with Crippen LogP contribution in [0.4, 0.5) is 0 Å². The van der Waals surface area contributed by atoms with Gasteiger partial charge in [-0.15, -0.1) is 0 Å². The normalized spacial score (nSPS) is 18.2. The molecule has 0 aliphatic carbocycles. The number of benzene rings is 5. The van der Waals surface area contributed by atoms with E-state index in [4.69, 9.17) is 9.97 Å². The second-order valence-corrected chi connectivity index (χ2v) is 16.3. The highest BCUT2D eigenvalue weighted by atomic mass is 16.2. The first-order valence-electron chi connectivity index (χ1n) is 20.4. The number of amides is 2. The standard InChI is InChI=1S/C48H50N8O2/c1-53(2)43(31-13-7-5-8-14-31)47(57)55-23-11-17-41(55)45-49-29-39(51-45)35-21-19-33-26-38-28-36(22-20-34(38)25-37(33)27-35)40-30-50-46(52-40)42-18-12-24-56(42)48(58)44(54(3)4)32-15-9-6-10-16-32/h5-10,13-16,19-22,25-30,41-44H,11-12,17-18,23-24H2,1-4H3,(H,49,51)(H,50,52)/t41-,42+,43+,44-. The lowest BCUT2D eigenvalue weighted by molar-refractivity contribution is -0.138. The van der Waals surface area contributed by atoms with Crippen LogP contribution in [0.3, 0.4) is 0 Å². The zero-order valence-corrected chi connectivity index (χ0v) is 33.6. The van der Waals surface area contributed by atoms with Crippen LogP contribution in [0.2, 0.25) is 0 Å². The summed E-state index contributed by atoms with van der Waals surface area (Å²) in [6.07, 6.45) is 7.44. The molecular formula is C48H50N8O2. The number of aromatic amines is 2. The van der Waals surface area contributed by atoms with Gasteiger partial charge in [-0.1, -0.05) is 84.9 Å². The van der Waals surface area contributed by atoms with Crippen LogP contribution in [-0.4, -0.2) is 92.6 Å². The lowest BCUT2D eigenvalue weighted by atomic mass is 9.99. The van der Waals surface area contributed by atoms with E-state index in [1.165, 1.54) is 0 Å². The van der Waals surface area contributed by atoms with Crippen molar-refractivity contribution in [3.63, 3.8) is 0 Å². The third-order valence-electron chi connectivity index (χ3n) is 12.0. The van der Waals surface area contributed by atoms with Crippen molar-refractivity contribution in [2.75, 3.05) is 41.3 Å². The van der Waals surface area contributed by atoms with Gasteiger partial charge in [0.05, 0.1) is 35.9 Å².